The number of nitrogens with zero attached hydrogens (tertiary/aromatic N) is 1. The zero-order valence-corrected chi connectivity index (χ0v) is 14.5. The predicted molar refractivity (Wildman–Crippen MR) is 94.7 cm³/mol. The van der Waals surface area contributed by atoms with Crippen LogP contribution in [0.25, 0.3) is 0 Å². The van der Waals surface area contributed by atoms with Crippen LogP contribution in [0.4, 0.5) is 5.69 Å². The van der Waals surface area contributed by atoms with Gasteiger partial charge in [-0.15, -0.1) is 0 Å². The normalized spacial score (nSPS) is 15.2. The molecule has 0 aliphatic carbocycles. The molecule has 1 aromatic heterocycles. The number of rotatable bonds is 8. The maximum Gasteiger partial charge on any atom is 0.132 e. The number of aliphatic hydroxyl groups excluding tert-OH is 1. The minimum absolute atomic E-state index is 0.183. The summed E-state index contributed by atoms with van der Waals surface area (Å²) >= 11 is 0. The van der Waals surface area contributed by atoms with Gasteiger partial charge in [-0.05, 0) is 57.0 Å². The summed E-state index contributed by atoms with van der Waals surface area (Å²) in [5.74, 6) is 0.623. The summed E-state index contributed by atoms with van der Waals surface area (Å²) in [6.45, 7) is 7.37. The van der Waals surface area contributed by atoms with Gasteiger partial charge in [-0.3, -0.25) is 0 Å². The first-order valence-corrected chi connectivity index (χ1v) is 8.29. The van der Waals surface area contributed by atoms with Crippen molar-refractivity contribution in [3.05, 3.63) is 54.0 Å². The summed E-state index contributed by atoms with van der Waals surface area (Å²) in [6, 6.07) is 12.7. The Labute approximate surface area is 139 Å². The molecule has 2 aromatic rings. The van der Waals surface area contributed by atoms with Crippen LogP contribution in [0, 0.1) is 0 Å². The molecule has 3 unspecified atom stereocenters. The third-order valence-electron chi connectivity index (χ3n) is 4.29. The van der Waals surface area contributed by atoms with Crippen LogP contribution < -0.4 is 10.2 Å². The molecule has 3 atom stereocenters. The maximum absolute atomic E-state index is 10.1. The van der Waals surface area contributed by atoms with Crippen molar-refractivity contribution >= 4 is 5.69 Å². The second kappa shape index (κ2) is 8.18. The quantitative estimate of drug-likeness (QED) is 0.775. The number of aliphatic hydroxyl groups is 1. The van der Waals surface area contributed by atoms with Gasteiger partial charge < -0.3 is 19.7 Å². The molecule has 0 saturated carbocycles. The van der Waals surface area contributed by atoms with Crippen molar-refractivity contribution in [2.24, 2.45) is 0 Å². The monoisotopic (exact) mass is 316 g/mol. The van der Waals surface area contributed by atoms with E-state index in [1.165, 1.54) is 11.3 Å². The Balaban J connectivity index is 1.89. The van der Waals surface area contributed by atoms with Crippen LogP contribution in [0.5, 0.6) is 0 Å². The molecule has 0 saturated heterocycles. The summed E-state index contributed by atoms with van der Waals surface area (Å²) in [6.07, 6.45) is 1.64. The molecular formula is C19H28N2O2. The molecule has 2 rings (SSSR count). The molecule has 0 aliphatic heterocycles. The molecule has 4 heteroatoms. The molecule has 0 radical (unpaired) electrons. The van der Waals surface area contributed by atoms with Gasteiger partial charge in [0.15, 0.2) is 0 Å². The fourth-order valence-corrected chi connectivity index (χ4v) is 2.72. The van der Waals surface area contributed by atoms with E-state index in [-0.39, 0.29) is 12.1 Å². The van der Waals surface area contributed by atoms with Crippen LogP contribution in [0.1, 0.15) is 50.7 Å². The maximum atomic E-state index is 10.1. The van der Waals surface area contributed by atoms with Crippen molar-refractivity contribution < 1.29 is 9.52 Å². The highest BCUT2D eigenvalue weighted by Gasteiger charge is 2.16. The van der Waals surface area contributed by atoms with Gasteiger partial charge in [0.2, 0.25) is 0 Å². The second-order valence-corrected chi connectivity index (χ2v) is 6.16. The van der Waals surface area contributed by atoms with Gasteiger partial charge in [-0.1, -0.05) is 12.1 Å². The summed E-state index contributed by atoms with van der Waals surface area (Å²) in [5.41, 5.74) is 2.47. The third kappa shape index (κ3) is 4.85. The minimum atomic E-state index is -0.569. The fraction of sp³-hybridized carbons (Fsp3) is 0.474. The molecule has 0 amide bonds. The molecule has 4 nitrogen and oxygen atoms in total. The highest BCUT2D eigenvalue weighted by Crippen LogP contribution is 2.22. The van der Waals surface area contributed by atoms with Crippen LogP contribution in [-0.2, 0) is 0 Å². The van der Waals surface area contributed by atoms with Crippen molar-refractivity contribution in [3.8, 4) is 0 Å². The first kappa shape index (κ1) is 17.6. The third-order valence-corrected chi connectivity index (χ3v) is 4.29. The largest absolute Gasteiger partial charge is 0.467 e. The highest BCUT2D eigenvalue weighted by atomic mass is 16.4. The molecule has 0 bridgehead atoms. The summed E-state index contributed by atoms with van der Waals surface area (Å²) in [7, 11) is 2.09. The standard InChI is InChI=1S/C19H28N2O2/c1-5-21(4)17-10-8-16(9-11-17)15(3)20-14(2)13-18(22)19-7-6-12-23-19/h6-12,14-15,18,20,22H,5,13H2,1-4H3. The zero-order valence-electron chi connectivity index (χ0n) is 14.5. The van der Waals surface area contributed by atoms with Gasteiger partial charge in [0.25, 0.3) is 0 Å². The number of benzene rings is 1. The summed E-state index contributed by atoms with van der Waals surface area (Å²) < 4.78 is 5.25. The van der Waals surface area contributed by atoms with E-state index in [9.17, 15) is 5.11 Å². The van der Waals surface area contributed by atoms with Gasteiger partial charge in [0.1, 0.15) is 11.9 Å². The SMILES string of the molecule is CCN(C)c1ccc(C(C)NC(C)CC(O)c2ccco2)cc1. The van der Waals surface area contributed by atoms with E-state index in [1.54, 1.807) is 12.3 Å². The molecule has 0 aliphatic rings. The summed E-state index contributed by atoms with van der Waals surface area (Å²) in [5, 5.41) is 13.7. The number of nitrogens with one attached hydrogen (secondary N) is 1. The lowest BCUT2D eigenvalue weighted by Gasteiger charge is -2.23. The van der Waals surface area contributed by atoms with Crippen molar-refractivity contribution in [2.45, 2.75) is 45.4 Å². The van der Waals surface area contributed by atoms with Crippen LogP contribution in [0.3, 0.4) is 0 Å². The molecule has 1 aromatic carbocycles. The topological polar surface area (TPSA) is 48.6 Å². The zero-order chi connectivity index (χ0) is 16.8. The number of anilines is 1. The van der Waals surface area contributed by atoms with Gasteiger partial charge in [-0.25, -0.2) is 0 Å². The molecule has 1 heterocycles. The van der Waals surface area contributed by atoms with Crippen molar-refractivity contribution in [1.29, 1.82) is 0 Å². The van der Waals surface area contributed by atoms with Gasteiger partial charge >= 0.3 is 0 Å². The van der Waals surface area contributed by atoms with Crippen molar-refractivity contribution in [1.82, 2.24) is 5.32 Å². The Morgan fingerprint density at radius 2 is 1.87 bits per heavy atom. The van der Waals surface area contributed by atoms with E-state index in [0.717, 1.165) is 6.54 Å². The van der Waals surface area contributed by atoms with Gasteiger partial charge in [0, 0.05) is 31.4 Å². The Morgan fingerprint density at radius 3 is 2.43 bits per heavy atom. The smallest absolute Gasteiger partial charge is 0.132 e. The van der Waals surface area contributed by atoms with Crippen LogP contribution in [0.15, 0.2) is 47.1 Å². The van der Waals surface area contributed by atoms with Crippen LogP contribution in [-0.4, -0.2) is 24.7 Å². The second-order valence-electron chi connectivity index (χ2n) is 6.16. The van der Waals surface area contributed by atoms with Crippen LogP contribution in [0.2, 0.25) is 0 Å². The average molecular weight is 316 g/mol. The lowest BCUT2D eigenvalue weighted by Crippen LogP contribution is -2.30. The van der Waals surface area contributed by atoms with Gasteiger partial charge in [-0.2, -0.15) is 0 Å². The molecule has 0 spiro atoms. The number of hydrogen-bond donors (Lipinski definition) is 2. The van der Waals surface area contributed by atoms with Crippen molar-refractivity contribution in [3.63, 3.8) is 0 Å². The van der Waals surface area contributed by atoms with E-state index in [4.69, 9.17) is 4.42 Å². The summed E-state index contributed by atoms with van der Waals surface area (Å²) in [4.78, 5) is 2.21. The Kier molecular flexibility index (Phi) is 6.25. The van der Waals surface area contributed by atoms with E-state index in [0.29, 0.717) is 12.2 Å². The molecule has 126 valence electrons. The minimum Gasteiger partial charge on any atom is -0.467 e. The predicted octanol–water partition coefficient (Wildman–Crippen LogP) is 3.90. The Bertz CT molecular complexity index is 566. The molecule has 0 fully saturated rings. The lowest BCUT2D eigenvalue weighted by atomic mass is 10.0. The molecular weight excluding hydrogens is 288 g/mol. The fourth-order valence-electron chi connectivity index (χ4n) is 2.72. The van der Waals surface area contributed by atoms with Crippen molar-refractivity contribution in [2.75, 3.05) is 18.5 Å². The first-order valence-electron chi connectivity index (χ1n) is 8.29. The number of hydrogen-bond acceptors (Lipinski definition) is 4. The first-order chi connectivity index (χ1) is 11.0. The highest BCUT2D eigenvalue weighted by molar-refractivity contribution is 5.47. The lowest BCUT2D eigenvalue weighted by molar-refractivity contribution is 0.127. The van der Waals surface area contributed by atoms with Gasteiger partial charge in [0.05, 0.1) is 6.26 Å². The number of furan rings is 1. The van der Waals surface area contributed by atoms with E-state index in [2.05, 4.69) is 62.3 Å². The van der Waals surface area contributed by atoms with E-state index in [1.807, 2.05) is 6.07 Å². The van der Waals surface area contributed by atoms with E-state index >= 15 is 0 Å². The van der Waals surface area contributed by atoms with E-state index < -0.39 is 6.10 Å². The Morgan fingerprint density at radius 1 is 1.17 bits per heavy atom. The van der Waals surface area contributed by atoms with Crippen LogP contribution >= 0.6 is 0 Å². The average Bonchev–Trinajstić information content (AvgIpc) is 3.08. The Hall–Kier alpha value is -1.78. The molecule has 23 heavy (non-hydrogen) atoms. The molecule has 2 N–H and O–H groups in total.